The van der Waals surface area contributed by atoms with Gasteiger partial charge in [-0.1, -0.05) is 18.2 Å². The van der Waals surface area contributed by atoms with Crippen molar-refractivity contribution in [2.24, 2.45) is 0 Å². The van der Waals surface area contributed by atoms with Crippen LogP contribution in [0, 0.1) is 0 Å². The lowest BCUT2D eigenvalue weighted by Crippen LogP contribution is -2.50. The van der Waals surface area contributed by atoms with Gasteiger partial charge >= 0.3 is 0 Å². The summed E-state index contributed by atoms with van der Waals surface area (Å²) in [6.07, 6.45) is 2.58. The van der Waals surface area contributed by atoms with Gasteiger partial charge in [0, 0.05) is 51.0 Å². The van der Waals surface area contributed by atoms with Crippen molar-refractivity contribution in [2.45, 2.75) is 26.3 Å². The third-order valence-corrected chi connectivity index (χ3v) is 5.30. The second-order valence-corrected chi connectivity index (χ2v) is 7.09. The largest absolute Gasteiger partial charge is 0.339 e. The minimum atomic E-state index is -0.109. The molecule has 1 aromatic heterocycles. The fourth-order valence-corrected chi connectivity index (χ4v) is 3.84. The van der Waals surface area contributed by atoms with Crippen LogP contribution >= 0.6 is 0 Å². The van der Waals surface area contributed by atoms with Crippen molar-refractivity contribution in [3.63, 3.8) is 0 Å². The van der Waals surface area contributed by atoms with Crippen molar-refractivity contribution in [3.05, 3.63) is 47.8 Å². The highest BCUT2D eigenvalue weighted by atomic mass is 16.2. The van der Waals surface area contributed by atoms with Gasteiger partial charge in [0.1, 0.15) is 5.69 Å². The van der Waals surface area contributed by atoms with E-state index in [-0.39, 0.29) is 17.9 Å². The Morgan fingerprint density at radius 1 is 1.04 bits per heavy atom. The molecule has 1 atom stereocenters. The highest BCUT2D eigenvalue weighted by molar-refractivity contribution is 5.93. The summed E-state index contributed by atoms with van der Waals surface area (Å²) in [4.78, 5) is 39.0. The van der Waals surface area contributed by atoms with Crippen molar-refractivity contribution < 1.29 is 9.59 Å². The topological polar surface area (TPSA) is 69.6 Å². The van der Waals surface area contributed by atoms with Crippen LogP contribution < -0.4 is 4.90 Å². The first-order valence-electron chi connectivity index (χ1n) is 9.29. The summed E-state index contributed by atoms with van der Waals surface area (Å²) in [5, 5.41) is 0. The van der Waals surface area contributed by atoms with Gasteiger partial charge in [-0.05, 0) is 31.0 Å². The summed E-state index contributed by atoms with van der Waals surface area (Å²) in [7, 11) is 0. The molecule has 2 aliphatic heterocycles. The Labute approximate surface area is 158 Å². The average molecular weight is 365 g/mol. The Morgan fingerprint density at radius 3 is 2.48 bits per heavy atom. The van der Waals surface area contributed by atoms with Crippen LogP contribution in [0.25, 0.3) is 0 Å². The van der Waals surface area contributed by atoms with E-state index in [0.29, 0.717) is 37.8 Å². The van der Waals surface area contributed by atoms with Gasteiger partial charge in [-0.3, -0.25) is 9.59 Å². The summed E-state index contributed by atoms with van der Waals surface area (Å²) < 4.78 is 0. The van der Waals surface area contributed by atoms with Gasteiger partial charge in [-0.15, -0.1) is 0 Å². The molecule has 0 saturated carbocycles. The van der Waals surface area contributed by atoms with E-state index in [1.54, 1.807) is 29.0 Å². The molecular weight excluding hydrogens is 342 g/mol. The van der Waals surface area contributed by atoms with Gasteiger partial charge in [0.05, 0.1) is 0 Å². The Hall–Kier alpha value is -2.96. The predicted molar refractivity (Wildman–Crippen MR) is 102 cm³/mol. The molecule has 27 heavy (non-hydrogen) atoms. The number of benzene rings is 1. The Kier molecular flexibility index (Phi) is 4.51. The van der Waals surface area contributed by atoms with Crippen LogP contribution in [0.3, 0.4) is 0 Å². The average Bonchev–Trinajstić information content (AvgIpc) is 3.03. The summed E-state index contributed by atoms with van der Waals surface area (Å²) in [6, 6.07) is 10.1. The van der Waals surface area contributed by atoms with Crippen molar-refractivity contribution in [1.82, 2.24) is 19.8 Å². The number of amides is 2. The number of carbonyl (C=O) groups excluding carboxylic acids is 2. The van der Waals surface area contributed by atoms with E-state index in [0.717, 1.165) is 12.1 Å². The first-order chi connectivity index (χ1) is 13.0. The molecule has 2 aliphatic rings. The SMILES string of the molecule is CC(=O)N1CCN(C(=O)c2ccnc(N3c4ccccc4CC3C)n2)CC1. The fourth-order valence-electron chi connectivity index (χ4n) is 3.84. The molecule has 140 valence electrons. The van der Waals surface area contributed by atoms with E-state index >= 15 is 0 Å². The van der Waals surface area contributed by atoms with Gasteiger partial charge in [-0.25, -0.2) is 9.97 Å². The van der Waals surface area contributed by atoms with Crippen molar-refractivity contribution in [2.75, 3.05) is 31.1 Å². The normalized spacial score (nSPS) is 19.2. The van der Waals surface area contributed by atoms with Gasteiger partial charge in [0.15, 0.2) is 0 Å². The van der Waals surface area contributed by atoms with Gasteiger partial charge in [0.25, 0.3) is 5.91 Å². The molecule has 4 rings (SSSR count). The number of piperazine rings is 1. The van der Waals surface area contributed by atoms with Gasteiger partial charge in [0.2, 0.25) is 11.9 Å². The molecule has 0 bridgehead atoms. The first-order valence-corrected chi connectivity index (χ1v) is 9.29. The van der Waals surface area contributed by atoms with Crippen LogP contribution in [-0.2, 0) is 11.2 Å². The van der Waals surface area contributed by atoms with E-state index in [1.165, 1.54) is 5.56 Å². The summed E-state index contributed by atoms with van der Waals surface area (Å²) >= 11 is 0. The molecule has 3 heterocycles. The molecule has 2 amide bonds. The number of nitrogens with zero attached hydrogens (tertiary/aromatic N) is 5. The second-order valence-electron chi connectivity index (χ2n) is 7.09. The van der Waals surface area contributed by atoms with E-state index in [9.17, 15) is 9.59 Å². The third-order valence-electron chi connectivity index (χ3n) is 5.30. The molecule has 1 saturated heterocycles. The number of fused-ring (bicyclic) bond motifs is 1. The number of hydrogen-bond acceptors (Lipinski definition) is 5. The van der Waals surface area contributed by atoms with E-state index in [2.05, 4.69) is 33.9 Å². The third kappa shape index (κ3) is 3.25. The zero-order chi connectivity index (χ0) is 19.0. The Bertz CT molecular complexity index is 876. The fraction of sp³-hybridized carbons (Fsp3) is 0.400. The molecule has 2 aromatic rings. The maximum absolute atomic E-state index is 12.9. The van der Waals surface area contributed by atoms with E-state index < -0.39 is 0 Å². The molecule has 1 aromatic carbocycles. The van der Waals surface area contributed by atoms with Gasteiger partial charge in [-0.2, -0.15) is 0 Å². The molecule has 7 nitrogen and oxygen atoms in total. The van der Waals surface area contributed by atoms with Crippen molar-refractivity contribution in [3.8, 4) is 0 Å². The summed E-state index contributed by atoms with van der Waals surface area (Å²) in [5.41, 5.74) is 2.77. The standard InChI is InChI=1S/C20H23N5O2/c1-14-13-16-5-3-4-6-18(16)25(14)20-21-8-7-17(22-20)19(27)24-11-9-23(10-12-24)15(2)26/h3-8,14H,9-13H2,1-2H3. The van der Waals surface area contributed by atoms with Crippen LogP contribution in [0.1, 0.15) is 29.9 Å². The smallest absolute Gasteiger partial charge is 0.272 e. The van der Waals surface area contributed by atoms with Crippen molar-refractivity contribution in [1.29, 1.82) is 0 Å². The highest BCUT2D eigenvalue weighted by Crippen LogP contribution is 2.36. The second kappa shape index (κ2) is 6.98. The number of carbonyl (C=O) groups is 2. The van der Waals surface area contributed by atoms with Crippen molar-refractivity contribution >= 4 is 23.5 Å². The lowest BCUT2D eigenvalue weighted by atomic mass is 10.1. The minimum absolute atomic E-state index is 0.0492. The number of hydrogen-bond donors (Lipinski definition) is 0. The lowest BCUT2D eigenvalue weighted by molar-refractivity contribution is -0.130. The first kappa shape index (κ1) is 17.5. The molecule has 0 aliphatic carbocycles. The zero-order valence-electron chi connectivity index (χ0n) is 15.6. The molecular formula is C20H23N5O2. The monoisotopic (exact) mass is 365 g/mol. The Balaban J connectivity index is 1.55. The van der Waals surface area contributed by atoms with E-state index in [4.69, 9.17) is 0 Å². The number of para-hydroxylation sites is 1. The number of aromatic nitrogens is 2. The Morgan fingerprint density at radius 2 is 1.74 bits per heavy atom. The van der Waals surface area contributed by atoms with Crippen LogP contribution in [-0.4, -0.2) is 63.8 Å². The van der Waals surface area contributed by atoms with Crippen LogP contribution in [0.5, 0.6) is 0 Å². The summed E-state index contributed by atoms with van der Waals surface area (Å²) in [5.74, 6) is 0.496. The maximum Gasteiger partial charge on any atom is 0.272 e. The molecule has 0 N–H and O–H groups in total. The molecule has 0 radical (unpaired) electrons. The lowest BCUT2D eigenvalue weighted by Gasteiger charge is -2.34. The molecule has 7 heteroatoms. The number of rotatable bonds is 2. The van der Waals surface area contributed by atoms with Crippen LogP contribution in [0.15, 0.2) is 36.5 Å². The van der Waals surface area contributed by atoms with Crippen LogP contribution in [0.4, 0.5) is 11.6 Å². The quantitative estimate of drug-likeness (QED) is 0.813. The molecule has 1 unspecified atom stereocenters. The predicted octanol–water partition coefficient (Wildman–Crippen LogP) is 1.86. The minimum Gasteiger partial charge on any atom is -0.339 e. The zero-order valence-corrected chi connectivity index (χ0v) is 15.6. The number of anilines is 2. The van der Waals surface area contributed by atoms with E-state index in [1.807, 2.05) is 12.1 Å². The van der Waals surface area contributed by atoms with Crippen LogP contribution in [0.2, 0.25) is 0 Å². The molecule has 0 spiro atoms. The highest BCUT2D eigenvalue weighted by Gasteiger charge is 2.30. The molecule has 1 fully saturated rings. The summed E-state index contributed by atoms with van der Waals surface area (Å²) in [6.45, 7) is 5.88. The van der Waals surface area contributed by atoms with Gasteiger partial charge < -0.3 is 14.7 Å². The maximum atomic E-state index is 12.9.